The fourth-order valence-electron chi connectivity index (χ4n) is 5.08. The summed E-state index contributed by atoms with van der Waals surface area (Å²) in [6.45, 7) is 14.3. The maximum Gasteiger partial charge on any atom is 0.130 e. The number of benzene rings is 1. The lowest BCUT2D eigenvalue weighted by Crippen LogP contribution is -2.42. The molecule has 6 heteroatoms. The van der Waals surface area contributed by atoms with E-state index in [-0.39, 0.29) is 6.10 Å². The quantitative estimate of drug-likeness (QED) is 0.681. The third-order valence-electron chi connectivity index (χ3n) is 7.20. The Morgan fingerprint density at radius 2 is 1.83 bits per heavy atom. The summed E-state index contributed by atoms with van der Waals surface area (Å²) in [5.41, 5.74) is 2.89. The van der Waals surface area contributed by atoms with E-state index in [0.29, 0.717) is 23.6 Å². The van der Waals surface area contributed by atoms with Crippen LogP contribution in [0.2, 0.25) is 0 Å². The minimum Gasteiger partial charge on any atom is -0.487 e. The molecule has 2 N–H and O–H groups in total. The van der Waals surface area contributed by atoms with Gasteiger partial charge in [-0.15, -0.1) is 0 Å². The van der Waals surface area contributed by atoms with E-state index >= 15 is 0 Å². The van der Waals surface area contributed by atoms with Gasteiger partial charge in [0.05, 0.1) is 0 Å². The predicted octanol–water partition coefficient (Wildman–Crippen LogP) is 4.10. The van der Waals surface area contributed by atoms with Crippen LogP contribution in [0.4, 0.5) is 0 Å². The SMILES string of the molecule is CC1(C)CSSC1CNCC(O)C1Cc2cc3c(cc2O1)C(C)(C)C([O])C3(C)C. The van der Waals surface area contributed by atoms with Gasteiger partial charge in [-0.3, -0.25) is 0 Å². The smallest absolute Gasteiger partial charge is 0.130 e. The summed E-state index contributed by atoms with van der Waals surface area (Å²) in [5.74, 6) is 2.02. The molecule has 1 aromatic carbocycles. The molecule has 0 saturated carbocycles. The number of ether oxygens (including phenoxy) is 1. The third kappa shape index (κ3) is 3.63. The second-order valence-corrected chi connectivity index (χ2v) is 13.3. The number of hydrogen-bond donors (Lipinski definition) is 2. The van der Waals surface area contributed by atoms with E-state index in [1.165, 1.54) is 5.75 Å². The van der Waals surface area contributed by atoms with Gasteiger partial charge in [0.25, 0.3) is 0 Å². The molecule has 2 aliphatic heterocycles. The average Bonchev–Trinajstić information content (AvgIpc) is 3.25. The third-order valence-corrected chi connectivity index (χ3v) is 10.7. The summed E-state index contributed by atoms with van der Waals surface area (Å²) in [6.07, 6.45) is -0.750. The van der Waals surface area contributed by atoms with Crippen molar-refractivity contribution < 1.29 is 14.9 Å². The van der Waals surface area contributed by atoms with Gasteiger partial charge in [-0.25, -0.2) is 5.11 Å². The zero-order valence-electron chi connectivity index (χ0n) is 18.4. The molecule has 4 atom stereocenters. The Morgan fingerprint density at radius 3 is 2.45 bits per heavy atom. The van der Waals surface area contributed by atoms with Crippen molar-refractivity contribution in [2.45, 2.75) is 82.4 Å². The molecule has 29 heavy (non-hydrogen) atoms. The number of fused-ring (bicyclic) bond motifs is 2. The molecule has 2 heterocycles. The first-order chi connectivity index (χ1) is 13.4. The molecular formula is C23H34NO3S2. The Kier molecular flexibility index (Phi) is 5.52. The van der Waals surface area contributed by atoms with Crippen LogP contribution in [0.25, 0.3) is 0 Å². The molecule has 3 aliphatic rings. The van der Waals surface area contributed by atoms with Crippen molar-refractivity contribution in [3.8, 4) is 5.75 Å². The zero-order valence-corrected chi connectivity index (χ0v) is 20.0. The van der Waals surface area contributed by atoms with Crippen LogP contribution in [-0.4, -0.2) is 47.5 Å². The van der Waals surface area contributed by atoms with Gasteiger partial charge in [0.2, 0.25) is 0 Å². The Morgan fingerprint density at radius 1 is 1.17 bits per heavy atom. The highest BCUT2D eigenvalue weighted by atomic mass is 33.1. The van der Waals surface area contributed by atoms with E-state index in [9.17, 15) is 10.2 Å². The molecule has 4 unspecified atom stereocenters. The van der Waals surface area contributed by atoms with E-state index in [2.05, 4.69) is 45.1 Å². The van der Waals surface area contributed by atoms with Crippen molar-refractivity contribution >= 4 is 21.6 Å². The Hall–Kier alpha value is -0.400. The lowest BCUT2D eigenvalue weighted by Gasteiger charge is -2.29. The monoisotopic (exact) mass is 436 g/mol. The van der Waals surface area contributed by atoms with Gasteiger partial charge >= 0.3 is 0 Å². The molecule has 0 spiro atoms. The first-order valence-corrected chi connectivity index (χ1v) is 13.0. The normalized spacial score (nSPS) is 31.9. The van der Waals surface area contributed by atoms with Gasteiger partial charge in [0.1, 0.15) is 24.1 Å². The second-order valence-electron chi connectivity index (χ2n) is 10.8. The van der Waals surface area contributed by atoms with Crippen molar-refractivity contribution in [2.24, 2.45) is 5.41 Å². The number of aliphatic hydroxyl groups is 1. The molecule has 0 bridgehead atoms. The predicted molar refractivity (Wildman–Crippen MR) is 122 cm³/mol. The van der Waals surface area contributed by atoms with Gasteiger partial charge in [0, 0.05) is 41.3 Å². The van der Waals surface area contributed by atoms with Crippen LogP contribution in [0.15, 0.2) is 12.1 Å². The van der Waals surface area contributed by atoms with Crippen LogP contribution >= 0.6 is 21.6 Å². The lowest BCUT2D eigenvalue weighted by atomic mass is 9.78. The molecule has 1 radical (unpaired) electrons. The highest BCUT2D eigenvalue weighted by molar-refractivity contribution is 8.77. The van der Waals surface area contributed by atoms with Crippen molar-refractivity contribution in [2.75, 3.05) is 18.8 Å². The van der Waals surface area contributed by atoms with Crippen molar-refractivity contribution in [3.05, 3.63) is 28.8 Å². The molecule has 0 amide bonds. The number of rotatable bonds is 5. The van der Waals surface area contributed by atoms with Crippen LogP contribution < -0.4 is 10.1 Å². The molecule has 1 fully saturated rings. The summed E-state index contributed by atoms with van der Waals surface area (Å²) in [6, 6.07) is 4.23. The molecule has 1 aliphatic carbocycles. The topological polar surface area (TPSA) is 61.4 Å². The summed E-state index contributed by atoms with van der Waals surface area (Å²) in [7, 11) is 3.89. The maximum atomic E-state index is 13.0. The van der Waals surface area contributed by atoms with Gasteiger partial charge in [-0.1, -0.05) is 69.2 Å². The molecule has 4 rings (SSSR count). The van der Waals surface area contributed by atoms with Gasteiger partial charge in [0.15, 0.2) is 0 Å². The molecular weight excluding hydrogens is 402 g/mol. The number of aliphatic hydroxyl groups excluding tert-OH is 1. The Balaban J connectivity index is 1.41. The largest absolute Gasteiger partial charge is 0.487 e. The Bertz CT molecular complexity index is 748. The Labute approximate surface area is 183 Å². The van der Waals surface area contributed by atoms with Gasteiger partial charge in [-0.05, 0) is 28.2 Å². The first kappa shape index (κ1) is 21.8. The second kappa shape index (κ2) is 7.33. The van der Waals surface area contributed by atoms with E-state index in [0.717, 1.165) is 29.0 Å². The van der Waals surface area contributed by atoms with Crippen LogP contribution in [0.3, 0.4) is 0 Å². The fraction of sp³-hybridized carbons (Fsp3) is 0.739. The fourth-order valence-corrected chi connectivity index (χ4v) is 9.04. The summed E-state index contributed by atoms with van der Waals surface area (Å²) >= 11 is 0. The summed E-state index contributed by atoms with van der Waals surface area (Å²) in [4.78, 5) is 0. The van der Waals surface area contributed by atoms with E-state index in [1.54, 1.807) is 0 Å². The number of hydrogen-bond acceptors (Lipinski definition) is 5. The zero-order chi connectivity index (χ0) is 21.2. The van der Waals surface area contributed by atoms with Gasteiger partial charge in [-0.2, -0.15) is 0 Å². The van der Waals surface area contributed by atoms with Crippen molar-refractivity contribution in [3.63, 3.8) is 0 Å². The number of nitrogens with one attached hydrogen (secondary N) is 1. The lowest BCUT2D eigenvalue weighted by molar-refractivity contribution is -0.00624. The molecule has 1 saturated heterocycles. The summed E-state index contributed by atoms with van der Waals surface area (Å²) < 4.78 is 6.15. The molecule has 4 nitrogen and oxygen atoms in total. The standard InChI is InChI=1S/C23H34NO3S2/c1-21(2)12-28-29-19(21)11-24-10-16(25)18-8-13-7-14-15(9-17(13)27-18)23(5,6)20(26)22(14,3)4/h7,9,16,18-20,24-25H,8,10-12H2,1-6H3. The molecule has 161 valence electrons. The van der Waals surface area contributed by atoms with Crippen LogP contribution in [0.5, 0.6) is 5.75 Å². The minimum atomic E-state index is -0.672. The summed E-state index contributed by atoms with van der Waals surface area (Å²) in [5, 5.41) is 27.7. The van der Waals surface area contributed by atoms with Crippen LogP contribution in [-0.2, 0) is 22.4 Å². The average molecular weight is 437 g/mol. The van der Waals surface area contributed by atoms with Crippen molar-refractivity contribution in [1.82, 2.24) is 5.32 Å². The van der Waals surface area contributed by atoms with Gasteiger partial charge < -0.3 is 15.2 Å². The minimum absolute atomic E-state index is 0.229. The van der Waals surface area contributed by atoms with Crippen LogP contribution in [0, 0.1) is 5.41 Å². The highest BCUT2D eigenvalue weighted by Gasteiger charge is 2.52. The highest BCUT2D eigenvalue weighted by Crippen LogP contribution is 2.52. The van der Waals surface area contributed by atoms with Crippen molar-refractivity contribution in [1.29, 1.82) is 0 Å². The van der Waals surface area contributed by atoms with E-state index < -0.39 is 23.0 Å². The van der Waals surface area contributed by atoms with E-state index in [1.807, 2.05) is 35.4 Å². The van der Waals surface area contributed by atoms with Crippen LogP contribution in [0.1, 0.15) is 58.2 Å². The molecule has 0 aromatic heterocycles. The van der Waals surface area contributed by atoms with E-state index in [4.69, 9.17) is 4.74 Å². The maximum absolute atomic E-state index is 13.0. The molecule has 1 aromatic rings. The first-order valence-electron chi connectivity index (χ1n) is 10.6.